The van der Waals surface area contributed by atoms with Crippen molar-refractivity contribution in [2.45, 2.75) is 64.0 Å². The Morgan fingerprint density at radius 2 is 2.05 bits per heavy atom. The zero-order valence-electron chi connectivity index (χ0n) is 12.2. The van der Waals surface area contributed by atoms with Crippen molar-refractivity contribution < 1.29 is 14.1 Å². The van der Waals surface area contributed by atoms with E-state index in [9.17, 15) is 4.79 Å². The van der Waals surface area contributed by atoms with Gasteiger partial charge in [-0.25, -0.2) is 4.79 Å². The highest BCUT2D eigenvalue weighted by atomic mass is 16.6. The molecule has 20 heavy (non-hydrogen) atoms. The summed E-state index contributed by atoms with van der Waals surface area (Å²) < 4.78 is 10.6. The average molecular weight is 279 g/mol. The Kier molecular flexibility index (Phi) is 3.18. The van der Waals surface area contributed by atoms with Gasteiger partial charge in [-0.2, -0.15) is 4.98 Å². The summed E-state index contributed by atoms with van der Waals surface area (Å²) in [7, 11) is 0. The third kappa shape index (κ3) is 3.29. The van der Waals surface area contributed by atoms with Gasteiger partial charge in [-0.15, -0.1) is 0 Å². The van der Waals surface area contributed by atoms with E-state index in [-0.39, 0.29) is 6.04 Å². The van der Waals surface area contributed by atoms with E-state index in [2.05, 4.69) is 15.5 Å². The van der Waals surface area contributed by atoms with E-state index in [0.29, 0.717) is 23.6 Å². The van der Waals surface area contributed by atoms with Crippen LogP contribution < -0.4 is 5.32 Å². The fraction of sp³-hybridized carbons (Fsp3) is 0.786. The Hall–Kier alpha value is -1.59. The van der Waals surface area contributed by atoms with Gasteiger partial charge in [-0.05, 0) is 52.4 Å². The van der Waals surface area contributed by atoms with Crippen molar-refractivity contribution in [1.29, 1.82) is 0 Å². The number of nitrogens with one attached hydrogen (secondary N) is 1. The minimum atomic E-state index is -0.505. The summed E-state index contributed by atoms with van der Waals surface area (Å²) in [5.74, 6) is 2.11. The average Bonchev–Trinajstić information content (AvgIpc) is 3.22. The first-order valence-corrected chi connectivity index (χ1v) is 7.25. The highest BCUT2D eigenvalue weighted by molar-refractivity contribution is 5.68. The van der Waals surface area contributed by atoms with Crippen LogP contribution in [-0.2, 0) is 4.74 Å². The Bertz CT molecular complexity index is 498. The molecule has 0 bridgehead atoms. The van der Waals surface area contributed by atoms with Crippen LogP contribution in [0.2, 0.25) is 0 Å². The van der Waals surface area contributed by atoms with Crippen molar-refractivity contribution in [3.63, 3.8) is 0 Å². The van der Waals surface area contributed by atoms with Crippen molar-refractivity contribution in [3.05, 3.63) is 11.7 Å². The number of hydrogen-bond donors (Lipinski definition) is 1. The molecule has 3 rings (SSSR count). The number of aromatic nitrogens is 2. The minimum absolute atomic E-state index is 0.193. The van der Waals surface area contributed by atoms with Gasteiger partial charge in [0.2, 0.25) is 5.89 Å². The first-order valence-electron chi connectivity index (χ1n) is 7.25. The molecule has 1 aromatic rings. The van der Waals surface area contributed by atoms with Gasteiger partial charge in [-0.3, -0.25) is 0 Å². The van der Waals surface area contributed by atoms with E-state index < -0.39 is 11.7 Å². The number of hydrogen-bond acceptors (Lipinski definition) is 5. The lowest BCUT2D eigenvalue weighted by Crippen LogP contribution is -2.36. The third-order valence-electron chi connectivity index (χ3n) is 3.43. The quantitative estimate of drug-likeness (QED) is 0.916. The standard InChI is InChI=1S/C14H21N3O3/c1-14(2,3)19-13(18)15-10(8-4-5-8)11-16-12(20-17-11)9-6-7-9/h8-10H,4-7H2,1-3H3,(H,15,18)/t10-/m0/s1. The smallest absolute Gasteiger partial charge is 0.408 e. The summed E-state index contributed by atoms with van der Waals surface area (Å²) in [6.45, 7) is 5.54. The van der Waals surface area contributed by atoms with Gasteiger partial charge in [0.15, 0.2) is 5.82 Å². The topological polar surface area (TPSA) is 77.2 Å². The van der Waals surface area contributed by atoms with Crippen LogP contribution in [0.5, 0.6) is 0 Å². The normalized spacial score (nSPS) is 20.6. The minimum Gasteiger partial charge on any atom is -0.444 e. The summed E-state index contributed by atoms with van der Waals surface area (Å²) in [4.78, 5) is 16.3. The molecule has 110 valence electrons. The van der Waals surface area contributed by atoms with Crippen LogP contribution in [0.1, 0.15) is 70.1 Å². The highest BCUT2D eigenvalue weighted by Gasteiger charge is 2.39. The molecule has 1 N–H and O–H groups in total. The highest BCUT2D eigenvalue weighted by Crippen LogP contribution is 2.42. The summed E-state index contributed by atoms with van der Waals surface area (Å²) in [6, 6.07) is -0.193. The van der Waals surface area contributed by atoms with E-state index in [0.717, 1.165) is 25.7 Å². The number of carbonyl (C=O) groups is 1. The molecule has 1 amide bonds. The SMILES string of the molecule is CC(C)(C)OC(=O)N[C@H](c1noc(C2CC2)n1)C1CC1. The third-order valence-corrected chi connectivity index (χ3v) is 3.43. The summed E-state index contributed by atoms with van der Waals surface area (Å²) in [6.07, 6.45) is 3.97. The van der Waals surface area contributed by atoms with Gasteiger partial charge < -0.3 is 14.6 Å². The van der Waals surface area contributed by atoms with Gasteiger partial charge in [0, 0.05) is 5.92 Å². The number of carbonyl (C=O) groups excluding carboxylic acids is 1. The van der Waals surface area contributed by atoms with Crippen LogP contribution in [0.15, 0.2) is 4.52 Å². The Morgan fingerprint density at radius 1 is 1.35 bits per heavy atom. The number of ether oxygens (including phenoxy) is 1. The summed E-state index contributed by atoms with van der Waals surface area (Å²) in [5.41, 5.74) is -0.505. The molecule has 0 aromatic carbocycles. The number of rotatable bonds is 4. The monoisotopic (exact) mass is 279 g/mol. The van der Waals surface area contributed by atoms with Crippen molar-refractivity contribution in [3.8, 4) is 0 Å². The van der Waals surface area contributed by atoms with Crippen LogP contribution in [0.25, 0.3) is 0 Å². The fourth-order valence-corrected chi connectivity index (χ4v) is 2.13. The van der Waals surface area contributed by atoms with Crippen molar-refractivity contribution >= 4 is 6.09 Å². The van der Waals surface area contributed by atoms with Crippen LogP contribution >= 0.6 is 0 Å². The second-order valence-corrected chi connectivity index (χ2v) is 6.73. The lowest BCUT2D eigenvalue weighted by molar-refractivity contribution is 0.0494. The van der Waals surface area contributed by atoms with E-state index in [4.69, 9.17) is 9.26 Å². The molecule has 1 heterocycles. The number of alkyl carbamates (subject to hydrolysis) is 1. The van der Waals surface area contributed by atoms with E-state index in [1.807, 2.05) is 20.8 Å². The van der Waals surface area contributed by atoms with Crippen LogP contribution in [-0.4, -0.2) is 21.8 Å². The van der Waals surface area contributed by atoms with Gasteiger partial charge in [-0.1, -0.05) is 5.16 Å². The van der Waals surface area contributed by atoms with Crippen LogP contribution in [0.3, 0.4) is 0 Å². The molecule has 0 unspecified atom stereocenters. The van der Waals surface area contributed by atoms with Gasteiger partial charge in [0.25, 0.3) is 0 Å². The lowest BCUT2D eigenvalue weighted by Gasteiger charge is -2.22. The maximum Gasteiger partial charge on any atom is 0.408 e. The largest absolute Gasteiger partial charge is 0.444 e. The first-order chi connectivity index (χ1) is 9.42. The Labute approximate surface area is 118 Å². The number of nitrogens with zero attached hydrogens (tertiary/aromatic N) is 2. The molecule has 0 spiro atoms. The Morgan fingerprint density at radius 3 is 2.60 bits per heavy atom. The van der Waals surface area contributed by atoms with Gasteiger partial charge in [0.1, 0.15) is 5.60 Å². The van der Waals surface area contributed by atoms with Gasteiger partial charge >= 0.3 is 6.09 Å². The predicted molar refractivity (Wildman–Crippen MR) is 71.1 cm³/mol. The molecular formula is C14H21N3O3. The summed E-state index contributed by atoms with van der Waals surface area (Å²) in [5, 5.41) is 6.91. The molecule has 6 nitrogen and oxygen atoms in total. The Balaban J connectivity index is 1.67. The van der Waals surface area contributed by atoms with Crippen LogP contribution in [0, 0.1) is 5.92 Å². The summed E-state index contributed by atoms with van der Waals surface area (Å²) >= 11 is 0. The maximum absolute atomic E-state index is 11.9. The zero-order valence-corrected chi connectivity index (χ0v) is 12.2. The molecule has 2 aliphatic rings. The first kappa shape index (κ1) is 13.4. The molecule has 0 aliphatic heterocycles. The molecular weight excluding hydrogens is 258 g/mol. The molecule has 0 saturated heterocycles. The fourth-order valence-electron chi connectivity index (χ4n) is 2.13. The van der Waals surface area contributed by atoms with Crippen LogP contribution in [0.4, 0.5) is 4.79 Å². The molecule has 2 aliphatic carbocycles. The van der Waals surface area contributed by atoms with Crippen molar-refractivity contribution in [2.24, 2.45) is 5.92 Å². The molecule has 2 saturated carbocycles. The molecule has 0 radical (unpaired) electrons. The van der Waals surface area contributed by atoms with Gasteiger partial charge in [0.05, 0.1) is 6.04 Å². The lowest BCUT2D eigenvalue weighted by atomic mass is 10.1. The van der Waals surface area contributed by atoms with E-state index in [1.54, 1.807) is 0 Å². The second kappa shape index (κ2) is 4.75. The van der Waals surface area contributed by atoms with Crippen molar-refractivity contribution in [2.75, 3.05) is 0 Å². The van der Waals surface area contributed by atoms with E-state index >= 15 is 0 Å². The second-order valence-electron chi connectivity index (χ2n) is 6.73. The molecule has 1 aromatic heterocycles. The predicted octanol–water partition coefficient (Wildman–Crippen LogP) is 2.92. The van der Waals surface area contributed by atoms with Crippen molar-refractivity contribution in [1.82, 2.24) is 15.5 Å². The maximum atomic E-state index is 11.9. The molecule has 6 heteroatoms. The molecule has 2 fully saturated rings. The molecule has 1 atom stereocenters. The number of amides is 1. The van der Waals surface area contributed by atoms with E-state index in [1.165, 1.54) is 0 Å². The zero-order chi connectivity index (χ0) is 14.3.